The summed E-state index contributed by atoms with van der Waals surface area (Å²) in [6, 6.07) is 7.21. The Morgan fingerprint density at radius 3 is 2.70 bits per heavy atom. The minimum Gasteiger partial charge on any atom is -0.484 e. The summed E-state index contributed by atoms with van der Waals surface area (Å²) in [6.45, 7) is 0. The van der Waals surface area contributed by atoms with E-state index in [0.717, 1.165) is 18.2 Å². The van der Waals surface area contributed by atoms with Crippen molar-refractivity contribution in [3.05, 3.63) is 65.0 Å². The number of carbonyl (C=O) groups excluding carboxylic acids is 1. The van der Waals surface area contributed by atoms with E-state index >= 15 is 0 Å². The zero-order valence-corrected chi connectivity index (χ0v) is 10.2. The van der Waals surface area contributed by atoms with E-state index in [1.54, 1.807) is 0 Å². The Kier molecular flexibility index (Phi) is 2.97. The van der Waals surface area contributed by atoms with Crippen molar-refractivity contribution >= 4 is 5.78 Å². The fraction of sp³-hybridized carbons (Fsp3) is 0.133. The first kappa shape index (κ1) is 12.7. The van der Waals surface area contributed by atoms with Gasteiger partial charge in [0.15, 0.2) is 17.4 Å². The quantitative estimate of drug-likeness (QED) is 0.793. The van der Waals surface area contributed by atoms with E-state index in [9.17, 15) is 18.0 Å². The highest BCUT2D eigenvalue weighted by Gasteiger charge is 2.30. The molecule has 2 aromatic carbocycles. The van der Waals surface area contributed by atoms with E-state index in [1.165, 1.54) is 18.2 Å². The molecule has 3 rings (SSSR count). The summed E-state index contributed by atoms with van der Waals surface area (Å²) in [7, 11) is 0. The highest BCUT2D eigenvalue weighted by Crippen LogP contribution is 2.36. The van der Waals surface area contributed by atoms with Crippen LogP contribution in [-0.4, -0.2) is 5.78 Å². The summed E-state index contributed by atoms with van der Waals surface area (Å²) in [5.74, 6) is -2.86. The summed E-state index contributed by atoms with van der Waals surface area (Å²) >= 11 is 0. The maximum absolute atomic E-state index is 13.7. The van der Waals surface area contributed by atoms with Crippen LogP contribution in [0.3, 0.4) is 0 Å². The number of halogens is 3. The van der Waals surface area contributed by atoms with Gasteiger partial charge < -0.3 is 4.74 Å². The molecule has 1 aliphatic heterocycles. The number of carbonyl (C=O) groups is 1. The number of hydrogen-bond acceptors (Lipinski definition) is 2. The number of Topliss-reactive ketones (excluding diaryl/α,β-unsaturated/α-hetero) is 1. The van der Waals surface area contributed by atoms with Crippen LogP contribution in [0.15, 0.2) is 36.4 Å². The van der Waals surface area contributed by atoms with Gasteiger partial charge in [0.1, 0.15) is 17.7 Å². The third-order valence-corrected chi connectivity index (χ3v) is 3.21. The van der Waals surface area contributed by atoms with Gasteiger partial charge in [0.05, 0.1) is 12.0 Å². The standard InChI is InChI=1S/C15H9F3O2/c16-8-4-5-9-12(19)7-14(20-13(9)6-8)10-2-1-3-11(17)15(10)18/h1-6,14H,7H2. The van der Waals surface area contributed by atoms with Crippen molar-refractivity contribution < 1.29 is 22.7 Å². The molecule has 0 fully saturated rings. The van der Waals surface area contributed by atoms with Crippen molar-refractivity contribution in [2.75, 3.05) is 0 Å². The molecule has 0 saturated heterocycles. The Hall–Kier alpha value is -2.30. The van der Waals surface area contributed by atoms with E-state index in [1.807, 2.05) is 0 Å². The molecule has 0 amide bonds. The van der Waals surface area contributed by atoms with Crippen molar-refractivity contribution in [2.24, 2.45) is 0 Å². The van der Waals surface area contributed by atoms with Gasteiger partial charge >= 0.3 is 0 Å². The Bertz CT molecular complexity index is 698. The van der Waals surface area contributed by atoms with Crippen LogP contribution < -0.4 is 4.74 Å². The third-order valence-electron chi connectivity index (χ3n) is 3.21. The Morgan fingerprint density at radius 1 is 1.10 bits per heavy atom. The van der Waals surface area contributed by atoms with Crippen LogP contribution >= 0.6 is 0 Å². The first-order chi connectivity index (χ1) is 9.56. The van der Waals surface area contributed by atoms with Gasteiger partial charge in [0, 0.05) is 11.6 Å². The van der Waals surface area contributed by atoms with Gasteiger partial charge in [-0.1, -0.05) is 12.1 Å². The molecular weight excluding hydrogens is 269 g/mol. The fourth-order valence-electron chi connectivity index (χ4n) is 2.24. The highest BCUT2D eigenvalue weighted by atomic mass is 19.2. The summed E-state index contributed by atoms with van der Waals surface area (Å²) in [5, 5.41) is 0. The van der Waals surface area contributed by atoms with Gasteiger partial charge in [-0.05, 0) is 18.2 Å². The van der Waals surface area contributed by atoms with E-state index < -0.39 is 23.6 Å². The highest BCUT2D eigenvalue weighted by molar-refractivity contribution is 6.00. The number of rotatable bonds is 1. The second kappa shape index (κ2) is 4.67. The molecule has 1 atom stereocenters. The molecular formula is C15H9F3O2. The van der Waals surface area contributed by atoms with Gasteiger partial charge in [-0.3, -0.25) is 4.79 Å². The zero-order chi connectivity index (χ0) is 14.3. The maximum Gasteiger partial charge on any atom is 0.170 e. The van der Waals surface area contributed by atoms with E-state index in [4.69, 9.17) is 4.74 Å². The third kappa shape index (κ3) is 2.05. The summed E-state index contributed by atoms with van der Waals surface area (Å²) in [5.41, 5.74) is 0.202. The topological polar surface area (TPSA) is 26.3 Å². The molecule has 2 nitrogen and oxygen atoms in total. The molecule has 1 heterocycles. The van der Waals surface area contributed by atoms with Crippen molar-refractivity contribution in [3.63, 3.8) is 0 Å². The van der Waals surface area contributed by atoms with Crippen LogP contribution in [0.25, 0.3) is 0 Å². The lowest BCUT2D eigenvalue weighted by molar-refractivity contribution is 0.0844. The van der Waals surface area contributed by atoms with Crippen LogP contribution in [0.2, 0.25) is 0 Å². The van der Waals surface area contributed by atoms with Gasteiger partial charge in [-0.15, -0.1) is 0 Å². The van der Waals surface area contributed by atoms with Crippen LogP contribution in [-0.2, 0) is 0 Å². The normalized spacial score (nSPS) is 17.6. The summed E-state index contributed by atoms with van der Waals surface area (Å²) < 4.78 is 45.6. The number of ether oxygens (including phenoxy) is 1. The Morgan fingerprint density at radius 2 is 1.90 bits per heavy atom. The Labute approximate surface area is 112 Å². The molecule has 2 aromatic rings. The first-order valence-electron chi connectivity index (χ1n) is 5.99. The second-order valence-electron chi connectivity index (χ2n) is 4.52. The molecule has 0 radical (unpaired) electrons. The predicted molar refractivity (Wildman–Crippen MR) is 65.1 cm³/mol. The first-order valence-corrected chi connectivity index (χ1v) is 5.99. The summed E-state index contributed by atoms with van der Waals surface area (Å²) in [4.78, 5) is 12.0. The molecule has 0 aromatic heterocycles. The Balaban J connectivity index is 2.03. The van der Waals surface area contributed by atoms with Crippen molar-refractivity contribution in [2.45, 2.75) is 12.5 Å². The van der Waals surface area contributed by atoms with Crippen molar-refractivity contribution in [3.8, 4) is 5.75 Å². The number of fused-ring (bicyclic) bond motifs is 1. The predicted octanol–water partition coefficient (Wildman–Crippen LogP) is 3.81. The van der Waals surface area contributed by atoms with Gasteiger partial charge in [-0.2, -0.15) is 0 Å². The smallest absolute Gasteiger partial charge is 0.170 e. The van der Waals surface area contributed by atoms with Gasteiger partial charge in [0.25, 0.3) is 0 Å². The molecule has 0 aliphatic carbocycles. The van der Waals surface area contributed by atoms with Crippen molar-refractivity contribution in [1.29, 1.82) is 0 Å². The van der Waals surface area contributed by atoms with Gasteiger partial charge in [-0.25, -0.2) is 13.2 Å². The fourth-order valence-corrected chi connectivity index (χ4v) is 2.24. The van der Waals surface area contributed by atoms with E-state index in [2.05, 4.69) is 0 Å². The number of benzene rings is 2. The molecule has 20 heavy (non-hydrogen) atoms. The van der Waals surface area contributed by atoms with Crippen LogP contribution in [0.1, 0.15) is 28.4 Å². The lowest BCUT2D eigenvalue weighted by atomic mass is 9.96. The van der Waals surface area contributed by atoms with Crippen LogP contribution in [0.4, 0.5) is 13.2 Å². The average Bonchev–Trinajstić information content (AvgIpc) is 2.41. The van der Waals surface area contributed by atoms with Crippen molar-refractivity contribution in [1.82, 2.24) is 0 Å². The average molecular weight is 278 g/mol. The lowest BCUT2D eigenvalue weighted by Gasteiger charge is -2.25. The van der Waals surface area contributed by atoms with E-state index in [0.29, 0.717) is 0 Å². The monoisotopic (exact) mass is 278 g/mol. The molecule has 102 valence electrons. The number of ketones is 1. The van der Waals surface area contributed by atoms with E-state index in [-0.39, 0.29) is 29.1 Å². The minimum atomic E-state index is -1.05. The number of hydrogen-bond donors (Lipinski definition) is 0. The van der Waals surface area contributed by atoms with Crippen LogP contribution in [0, 0.1) is 17.5 Å². The van der Waals surface area contributed by atoms with Gasteiger partial charge in [0.2, 0.25) is 0 Å². The summed E-state index contributed by atoms with van der Waals surface area (Å²) in [6.07, 6.45) is -1.06. The largest absolute Gasteiger partial charge is 0.484 e. The molecule has 0 spiro atoms. The maximum atomic E-state index is 13.7. The minimum absolute atomic E-state index is 0.0479. The van der Waals surface area contributed by atoms with Crippen LogP contribution in [0.5, 0.6) is 5.75 Å². The molecule has 1 aliphatic rings. The lowest BCUT2D eigenvalue weighted by Crippen LogP contribution is -2.21. The molecule has 5 heteroatoms. The molecule has 1 unspecified atom stereocenters. The second-order valence-corrected chi connectivity index (χ2v) is 4.52. The molecule has 0 saturated carbocycles. The molecule has 0 N–H and O–H groups in total. The molecule has 0 bridgehead atoms. The zero-order valence-electron chi connectivity index (χ0n) is 10.2. The SMILES string of the molecule is O=C1CC(c2cccc(F)c2F)Oc2cc(F)ccc21.